The van der Waals surface area contributed by atoms with Crippen molar-refractivity contribution in [1.29, 1.82) is 0 Å². The van der Waals surface area contributed by atoms with Crippen molar-refractivity contribution in [3.8, 4) is 0 Å². The van der Waals surface area contributed by atoms with Crippen LogP contribution in [0, 0.1) is 11.8 Å². The third-order valence-electron chi connectivity index (χ3n) is 7.98. The number of carbonyl (C=O) groups excluding carboxylic acids is 1. The Hall–Kier alpha value is -2.13. The molecule has 2 saturated heterocycles. The zero-order chi connectivity index (χ0) is 19.5. The number of ether oxygens (including phenoxy) is 1. The van der Waals surface area contributed by atoms with Crippen LogP contribution in [0.15, 0.2) is 60.7 Å². The average Bonchev–Trinajstić information content (AvgIpc) is 3.47. The van der Waals surface area contributed by atoms with Crippen LogP contribution in [0.25, 0.3) is 0 Å². The van der Waals surface area contributed by atoms with Crippen LogP contribution in [0.3, 0.4) is 0 Å². The molecule has 0 aromatic heterocycles. The second kappa shape index (κ2) is 6.18. The number of esters is 1. The molecule has 2 bridgehead atoms. The highest BCUT2D eigenvalue weighted by atomic mass is 16.5. The monoisotopic (exact) mass is 376 g/mol. The number of piperidine rings is 2. The summed E-state index contributed by atoms with van der Waals surface area (Å²) in [6, 6.07) is 21.4. The van der Waals surface area contributed by atoms with Gasteiger partial charge in [-0.1, -0.05) is 60.7 Å². The van der Waals surface area contributed by atoms with Crippen molar-refractivity contribution < 1.29 is 14.0 Å². The Morgan fingerprint density at radius 2 is 1.32 bits per heavy atom. The highest BCUT2D eigenvalue weighted by Crippen LogP contribution is 2.61. The van der Waals surface area contributed by atoms with Crippen molar-refractivity contribution in [2.45, 2.75) is 49.8 Å². The molecule has 0 spiro atoms. The summed E-state index contributed by atoms with van der Waals surface area (Å²) < 4.78 is 7.38. The number of hydrogen-bond acceptors (Lipinski definition) is 2. The van der Waals surface area contributed by atoms with E-state index in [1.165, 1.54) is 6.42 Å². The smallest absolute Gasteiger partial charge is 0.321 e. The maximum atomic E-state index is 13.6. The Labute approximate surface area is 167 Å². The number of rotatable bonds is 4. The summed E-state index contributed by atoms with van der Waals surface area (Å²) >= 11 is 0. The number of quaternary nitrogens is 1. The molecule has 3 nitrogen and oxygen atoms in total. The quantitative estimate of drug-likeness (QED) is 0.592. The molecule has 0 N–H and O–H groups in total. The molecule has 28 heavy (non-hydrogen) atoms. The highest BCUT2D eigenvalue weighted by Gasteiger charge is 2.68. The van der Waals surface area contributed by atoms with Crippen molar-refractivity contribution in [3.63, 3.8) is 0 Å². The Bertz CT molecular complexity index is 816. The molecule has 3 aliphatic rings. The fraction of sp³-hybridized carbons (Fsp3) is 0.480. The van der Waals surface area contributed by atoms with Gasteiger partial charge in [0.1, 0.15) is 11.5 Å². The molecule has 2 aliphatic heterocycles. The van der Waals surface area contributed by atoms with Gasteiger partial charge in [-0.3, -0.25) is 4.79 Å². The van der Waals surface area contributed by atoms with E-state index >= 15 is 0 Å². The third-order valence-corrected chi connectivity index (χ3v) is 7.98. The van der Waals surface area contributed by atoms with Crippen LogP contribution in [0.2, 0.25) is 0 Å². The van der Waals surface area contributed by atoms with Crippen LogP contribution in [0.5, 0.6) is 0 Å². The molecule has 1 saturated carbocycles. The minimum atomic E-state index is -0.785. The molecule has 2 aromatic carbocycles. The van der Waals surface area contributed by atoms with E-state index in [0.29, 0.717) is 12.1 Å². The fourth-order valence-electron chi connectivity index (χ4n) is 6.19. The van der Waals surface area contributed by atoms with Crippen LogP contribution in [0.4, 0.5) is 0 Å². The van der Waals surface area contributed by atoms with E-state index in [9.17, 15) is 4.79 Å². The second-order valence-corrected chi connectivity index (χ2v) is 9.68. The molecule has 0 amide bonds. The molecule has 5 atom stereocenters. The van der Waals surface area contributed by atoms with E-state index < -0.39 is 5.41 Å². The van der Waals surface area contributed by atoms with Crippen LogP contribution >= 0.6 is 0 Å². The van der Waals surface area contributed by atoms with E-state index in [-0.39, 0.29) is 12.1 Å². The van der Waals surface area contributed by atoms with Gasteiger partial charge in [0.2, 0.25) is 0 Å². The lowest BCUT2D eigenvalue weighted by Gasteiger charge is -2.46. The summed E-state index contributed by atoms with van der Waals surface area (Å²) in [5, 5.41) is 0. The summed E-state index contributed by atoms with van der Waals surface area (Å²) in [6.45, 7) is 2.01. The molecule has 1 aliphatic carbocycles. The highest BCUT2D eigenvalue weighted by molar-refractivity contribution is 5.87. The third kappa shape index (κ3) is 2.56. The van der Waals surface area contributed by atoms with E-state index in [1.54, 1.807) is 0 Å². The van der Waals surface area contributed by atoms with Crippen molar-refractivity contribution in [1.82, 2.24) is 0 Å². The number of carbonyl (C=O) groups is 1. The lowest BCUT2D eigenvalue weighted by atomic mass is 9.76. The van der Waals surface area contributed by atoms with E-state index in [4.69, 9.17) is 4.74 Å². The number of fused-ring (bicyclic) bond motifs is 5. The normalized spacial score (nSPS) is 32.5. The van der Waals surface area contributed by atoms with Gasteiger partial charge in [0, 0.05) is 24.7 Å². The average molecular weight is 377 g/mol. The minimum absolute atomic E-state index is 0.0493. The van der Waals surface area contributed by atoms with Gasteiger partial charge in [0.25, 0.3) is 0 Å². The molecule has 5 rings (SSSR count). The first-order chi connectivity index (χ1) is 13.4. The Balaban J connectivity index is 1.42. The molecule has 0 radical (unpaired) electrons. The van der Waals surface area contributed by atoms with Gasteiger partial charge >= 0.3 is 5.97 Å². The number of hydrogen-bond donors (Lipinski definition) is 0. The minimum Gasteiger partial charge on any atom is -0.461 e. The molecule has 146 valence electrons. The molecule has 3 unspecified atom stereocenters. The topological polar surface area (TPSA) is 26.3 Å². The summed E-state index contributed by atoms with van der Waals surface area (Å²) in [6.07, 6.45) is 3.46. The summed E-state index contributed by atoms with van der Waals surface area (Å²) in [5.41, 5.74) is 1.19. The molecule has 3 heteroatoms. The van der Waals surface area contributed by atoms with Crippen molar-refractivity contribution in [3.05, 3.63) is 71.8 Å². The second-order valence-electron chi connectivity index (χ2n) is 9.68. The molecular formula is C25H30NO2+. The van der Waals surface area contributed by atoms with Gasteiger partial charge in [-0.05, 0) is 24.5 Å². The lowest BCUT2D eigenvalue weighted by molar-refractivity contribution is -0.937. The van der Waals surface area contributed by atoms with Crippen LogP contribution < -0.4 is 0 Å². The zero-order valence-electron chi connectivity index (χ0n) is 17.0. The van der Waals surface area contributed by atoms with Gasteiger partial charge in [-0.15, -0.1) is 0 Å². The first-order valence-electron chi connectivity index (χ1n) is 10.6. The Morgan fingerprint density at radius 1 is 0.857 bits per heavy atom. The van der Waals surface area contributed by atoms with Gasteiger partial charge in [-0.2, -0.15) is 0 Å². The standard InChI is InChI=1S/C25H30NO2/c1-25(17-10-6-4-7-11-17,18-12-8-5-9-13-18)24(27)28-19-14-22-20-16-21(20)23(15-19)26(22,2)3/h4-13,19-23H,14-16H2,1-3H3/q+1/t19-,20+,21?,22?,23?/m1/s1. The lowest BCUT2D eigenvalue weighted by Crippen LogP contribution is -2.59. The van der Waals surface area contributed by atoms with E-state index in [0.717, 1.165) is 40.3 Å². The largest absolute Gasteiger partial charge is 0.461 e. The fourth-order valence-corrected chi connectivity index (χ4v) is 6.19. The molecule has 3 fully saturated rings. The van der Waals surface area contributed by atoms with Gasteiger partial charge < -0.3 is 9.22 Å². The summed E-state index contributed by atoms with van der Waals surface area (Å²) in [4.78, 5) is 13.6. The maximum Gasteiger partial charge on any atom is 0.321 e. The van der Waals surface area contributed by atoms with Crippen LogP contribution in [-0.4, -0.2) is 42.7 Å². The molecular weight excluding hydrogens is 346 g/mol. The predicted octanol–water partition coefficient (Wildman–Crippen LogP) is 4.16. The zero-order valence-corrected chi connectivity index (χ0v) is 17.0. The number of benzene rings is 2. The van der Waals surface area contributed by atoms with Crippen LogP contribution in [0.1, 0.15) is 37.3 Å². The maximum absolute atomic E-state index is 13.6. The van der Waals surface area contributed by atoms with Gasteiger partial charge in [0.15, 0.2) is 0 Å². The van der Waals surface area contributed by atoms with Gasteiger partial charge in [0.05, 0.1) is 26.2 Å². The van der Waals surface area contributed by atoms with Crippen molar-refractivity contribution in [2.24, 2.45) is 11.8 Å². The van der Waals surface area contributed by atoms with Gasteiger partial charge in [-0.25, -0.2) is 0 Å². The first kappa shape index (κ1) is 17.9. The SMILES string of the molecule is CC(C(=O)O[C@H]1CC2C3C[C@@H]3C(C1)[N+]2(C)C)(c1ccccc1)c1ccccc1. The Morgan fingerprint density at radius 3 is 1.79 bits per heavy atom. The van der Waals surface area contributed by atoms with E-state index in [1.807, 2.05) is 67.6 Å². The first-order valence-corrected chi connectivity index (χ1v) is 10.6. The van der Waals surface area contributed by atoms with Crippen molar-refractivity contribution in [2.75, 3.05) is 14.1 Å². The molecule has 2 heterocycles. The Kier molecular flexibility index (Phi) is 3.96. The van der Waals surface area contributed by atoms with Crippen molar-refractivity contribution >= 4 is 5.97 Å². The predicted molar refractivity (Wildman–Crippen MR) is 110 cm³/mol. The van der Waals surface area contributed by atoms with E-state index in [2.05, 4.69) is 14.1 Å². The molecule has 2 aromatic rings. The van der Waals surface area contributed by atoms with Crippen LogP contribution in [-0.2, 0) is 14.9 Å². The number of nitrogens with zero attached hydrogens (tertiary/aromatic N) is 1. The summed E-state index contributed by atoms with van der Waals surface area (Å²) in [7, 11) is 4.75. The summed E-state index contributed by atoms with van der Waals surface area (Å²) in [5.74, 6) is 1.60.